The third-order valence-electron chi connectivity index (χ3n) is 2.65. The lowest BCUT2D eigenvalue weighted by Crippen LogP contribution is -2.41. The SMILES string of the molecule is Cc1ccc(C(=O)N[C@@H](CCC(N)=O)C(=O)O)c(Br)c1. The Morgan fingerprint density at radius 3 is 2.55 bits per heavy atom. The molecule has 0 fully saturated rings. The van der Waals surface area contributed by atoms with E-state index < -0.39 is 23.8 Å². The predicted octanol–water partition coefficient (Wildman–Crippen LogP) is 1.21. The van der Waals surface area contributed by atoms with Crippen LogP contribution in [0.1, 0.15) is 28.8 Å². The van der Waals surface area contributed by atoms with Crippen molar-refractivity contribution < 1.29 is 19.5 Å². The maximum atomic E-state index is 12.0. The molecular formula is C13H15BrN2O4. The van der Waals surface area contributed by atoms with Crippen molar-refractivity contribution >= 4 is 33.7 Å². The largest absolute Gasteiger partial charge is 0.480 e. The quantitative estimate of drug-likeness (QED) is 0.721. The van der Waals surface area contributed by atoms with E-state index in [1.807, 2.05) is 6.92 Å². The highest BCUT2D eigenvalue weighted by atomic mass is 79.9. The van der Waals surface area contributed by atoms with Crippen molar-refractivity contribution in [3.05, 3.63) is 33.8 Å². The standard InChI is InChI=1S/C13H15BrN2O4/c1-7-2-3-8(9(14)6-7)12(18)16-10(13(19)20)4-5-11(15)17/h2-3,6,10H,4-5H2,1H3,(H2,15,17)(H,16,18)(H,19,20)/t10-/m0/s1. The van der Waals surface area contributed by atoms with Crippen LogP contribution in [0.3, 0.4) is 0 Å². The number of aryl methyl sites for hydroxylation is 1. The molecule has 1 rings (SSSR count). The van der Waals surface area contributed by atoms with E-state index in [0.717, 1.165) is 5.56 Å². The van der Waals surface area contributed by atoms with E-state index in [9.17, 15) is 14.4 Å². The molecule has 1 aromatic carbocycles. The highest BCUT2D eigenvalue weighted by molar-refractivity contribution is 9.10. The zero-order valence-corrected chi connectivity index (χ0v) is 12.4. The number of halogens is 1. The molecule has 108 valence electrons. The Morgan fingerprint density at radius 2 is 2.05 bits per heavy atom. The van der Waals surface area contributed by atoms with Gasteiger partial charge in [-0.1, -0.05) is 6.07 Å². The number of carboxylic acids is 1. The summed E-state index contributed by atoms with van der Waals surface area (Å²) < 4.78 is 0.578. The monoisotopic (exact) mass is 342 g/mol. The van der Waals surface area contributed by atoms with E-state index in [-0.39, 0.29) is 12.8 Å². The Labute approximate surface area is 124 Å². The summed E-state index contributed by atoms with van der Waals surface area (Å²) in [6, 6.07) is 3.96. The molecule has 0 unspecified atom stereocenters. The fourth-order valence-electron chi connectivity index (χ4n) is 1.58. The Bertz CT molecular complexity index is 545. The number of hydrogen-bond acceptors (Lipinski definition) is 3. The number of carbonyl (C=O) groups excluding carboxylic acids is 2. The van der Waals surface area contributed by atoms with Crippen LogP contribution in [0.25, 0.3) is 0 Å². The van der Waals surface area contributed by atoms with Gasteiger partial charge in [-0.15, -0.1) is 0 Å². The van der Waals surface area contributed by atoms with E-state index in [0.29, 0.717) is 10.0 Å². The van der Waals surface area contributed by atoms with Gasteiger partial charge in [0.2, 0.25) is 5.91 Å². The zero-order chi connectivity index (χ0) is 15.3. The molecule has 0 aromatic heterocycles. The third kappa shape index (κ3) is 4.65. The van der Waals surface area contributed by atoms with E-state index in [1.54, 1.807) is 18.2 Å². The van der Waals surface area contributed by atoms with Gasteiger partial charge >= 0.3 is 5.97 Å². The maximum Gasteiger partial charge on any atom is 0.326 e. The summed E-state index contributed by atoms with van der Waals surface area (Å²) >= 11 is 3.25. The minimum atomic E-state index is -1.21. The Hall–Kier alpha value is -1.89. The van der Waals surface area contributed by atoms with E-state index in [1.165, 1.54) is 0 Å². The molecule has 2 amide bonds. The molecule has 0 heterocycles. The van der Waals surface area contributed by atoms with Gasteiger partial charge in [0.15, 0.2) is 0 Å². The van der Waals surface area contributed by atoms with Crippen LogP contribution >= 0.6 is 15.9 Å². The van der Waals surface area contributed by atoms with Crippen LogP contribution in [0.2, 0.25) is 0 Å². The lowest BCUT2D eigenvalue weighted by Gasteiger charge is -2.14. The van der Waals surface area contributed by atoms with Gasteiger partial charge in [0.05, 0.1) is 5.56 Å². The van der Waals surface area contributed by atoms with Crippen molar-refractivity contribution in [1.82, 2.24) is 5.32 Å². The second-order valence-electron chi connectivity index (χ2n) is 4.35. The second-order valence-corrected chi connectivity index (χ2v) is 5.21. The molecular weight excluding hydrogens is 328 g/mol. The number of nitrogens with one attached hydrogen (secondary N) is 1. The first-order chi connectivity index (χ1) is 9.31. The van der Waals surface area contributed by atoms with Crippen molar-refractivity contribution in [2.75, 3.05) is 0 Å². The maximum absolute atomic E-state index is 12.0. The molecule has 1 aromatic rings. The third-order valence-corrected chi connectivity index (χ3v) is 3.31. The molecule has 20 heavy (non-hydrogen) atoms. The van der Waals surface area contributed by atoms with Gasteiger partial charge in [-0.2, -0.15) is 0 Å². The fraction of sp³-hybridized carbons (Fsp3) is 0.308. The van der Waals surface area contributed by atoms with Gasteiger partial charge in [-0.25, -0.2) is 4.79 Å². The minimum Gasteiger partial charge on any atom is -0.480 e. The molecule has 0 bridgehead atoms. The topological polar surface area (TPSA) is 109 Å². The van der Waals surface area contributed by atoms with Crippen molar-refractivity contribution in [3.8, 4) is 0 Å². The van der Waals surface area contributed by atoms with Gasteiger partial charge in [0.25, 0.3) is 5.91 Å². The van der Waals surface area contributed by atoms with Gasteiger partial charge in [-0.3, -0.25) is 9.59 Å². The average Bonchev–Trinajstić information content (AvgIpc) is 2.33. The lowest BCUT2D eigenvalue weighted by atomic mass is 10.1. The molecule has 0 aliphatic rings. The normalized spacial score (nSPS) is 11.7. The second kappa shape index (κ2) is 7.04. The van der Waals surface area contributed by atoms with Crippen LogP contribution in [-0.4, -0.2) is 28.9 Å². The molecule has 0 saturated carbocycles. The van der Waals surface area contributed by atoms with Crippen molar-refractivity contribution in [2.45, 2.75) is 25.8 Å². The number of rotatable bonds is 6. The summed E-state index contributed by atoms with van der Waals surface area (Å²) in [7, 11) is 0. The average molecular weight is 343 g/mol. The lowest BCUT2D eigenvalue weighted by molar-refractivity contribution is -0.139. The van der Waals surface area contributed by atoms with Crippen LogP contribution in [0, 0.1) is 6.92 Å². The molecule has 0 saturated heterocycles. The summed E-state index contributed by atoms with van der Waals surface area (Å²) in [6.45, 7) is 1.87. The predicted molar refractivity (Wildman–Crippen MR) is 76.2 cm³/mol. The van der Waals surface area contributed by atoms with Gasteiger partial charge in [0.1, 0.15) is 6.04 Å². The first-order valence-electron chi connectivity index (χ1n) is 5.89. The zero-order valence-electron chi connectivity index (χ0n) is 10.9. The molecule has 7 heteroatoms. The summed E-state index contributed by atoms with van der Waals surface area (Å²) in [4.78, 5) is 33.7. The molecule has 0 spiro atoms. The molecule has 4 N–H and O–H groups in total. The molecule has 0 aliphatic carbocycles. The highest BCUT2D eigenvalue weighted by Crippen LogP contribution is 2.18. The summed E-state index contributed by atoms with van der Waals surface area (Å²) in [5, 5.41) is 11.4. The summed E-state index contributed by atoms with van der Waals surface area (Å²) in [6.07, 6.45) is -0.147. The molecule has 6 nitrogen and oxygen atoms in total. The molecule has 0 aliphatic heterocycles. The Morgan fingerprint density at radius 1 is 1.40 bits per heavy atom. The van der Waals surface area contributed by atoms with E-state index in [2.05, 4.69) is 21.2 Å². The van der Waals surface area contributed by atoms with Gasteiger partial charge < -0.3 is 16.2 Å². The number of carboxylic acid groups (broad SMARTS) is 1. The van der Waals surface area contributed by atoms with Crippen LogP contribution in [0.4, 0.5) is 0 Å². The number of hydrogen-bond donors (Lipinski definition) is 3. The Kier molecular flexibility index (Phi) is 5.69. The highest BCUT2D eigenvalue weighted by Gasteiger charge is 2.22. The smallest absolute Gasteiger partial charge is 0.326 e. The number of aliphatic carboxylic acids is 1. The van der Waals surface area contributed by atoms with Gasteiger partial charge in [-0.05, 0) is 47.0 Å². The Balaban J connectivity index is 2.80. The number of nitrogens with two attached hydrogens (primary N) is 1. The molecule has 1 atom stereocenters. The summed E-state index contributed by atoms with van der Waals surface area (Å²) in [5.41, 5.74) is 6.28. The number of amides is 2. The number of carbonyl (C=O) groups is 3. The number of primary amides is 1. The van der Waals surface area contributed by atoms with Crippen molar-refractivity contribution in [3.63, 3.8) is 0 Å². The van der Waals surface area contributed by atoms with Crippen LogP contribution in [0.5, 0.6) is 0 Å². The number of benzene rings is 1. The molecule has 0 radical (unpaired) electrons. The minimum absolute atomic E-state index is 0.0418. The van der Waals surface area contributed by atoms with Gasteiger partial charge in [0, 0.05) is 10.9 Å². The van der Waals surface area contributed by atoms with Crippen molar-refractivity contribution in [2.24, 2.45) is 5.73 Å². The van der Waals surface area contributed by atoms with Crippen LogP contribution < -0.4 is 11.1 Å². The fourth-order valence-corrected chi connectivity index (χ4v) is 2.26. The van der Waals surface area contributed by atoms with Crippen molar-refractivity contribution in [1.29, 1.82) is 0 Å². The first kappa shape index (κ1) is 16.2. The first-order valence-corrected chi connectivity index (χ1v) is 6.68. The van der Waals surface area contributed by atoms with Crippen LogP contribution in [-0.2, 0) is 9.59 Å². The van der Waals surface area contributed by atoms with Crippen LogP contribution in [0.15, 0.2) is 22.7 Å². The van der Waals surface area contributed by atoms with E-state index in [4.69, 9.17) is 10.8 Å². The van der Waals surface area contributed by atoms with E-state index >= 15 is 0 Å². The summed E-state index contributed by atoms with van der Waals surface area (Å²) in [5.74, 6) is -2.33.